The van der Waals surface area contributed by atoms with Gasteiger partial charge in [0, 0.05) is 63.8 Å². The van der Waals surface area contributed by atoms with Gasteiger partial charge in [-0.25, -0.2) is 0 Å². The van der Waals surface area contributed by atoms with Crippen LogP contribution in [0.3, 0.4) is 0 Å². The molecular weight excluding hydrogens is 328 g/mol. The normalized spacial score (nSPS) is 14.3. The van der Waals surface area contributed by atoms with Gasteiger partial charge < -0.3 is 19.9 Å². The van der Waals surface area contributed by atoms with Gasteiger partial charge in [-0.1, -0.05) is 6.07 Å². The highest BCUT2D eigenvalue weighted by Crippen LogP contribution is 2.20. The van der Waals surface area contributed by atoms with Gasteiger partial charge in [0.2, 0.25) is 5.91 Å². The van der Waals surface area contributed by atoms with E-state index >= 15 is 0 Å². The summed E-state index contributed by atoms with van der Waals surface area (Å²) in [6.45, 7) is 4.70. The molecule has 2 heterocycles. The molecule has 0 spiro atoms. The Morgan fingerprint density at radius 2 is 1.92 bits per heavy atom. The van der Waals surface area contributed by atoms with Crippen LogP contribution in [0.5, 0.6) is 5.75 Å². The molecule has 1 amide bonds. The van der Waals surface area contributed by atoms with Gasteiger partial charge in [0.15, 0.2) is 0 Å². The predicted octanol–water partition coefficient (Wildman–Crippen LogP) is 1.92. The number of hydrogen-bond acceptors (Lipinski definition) is 5. The lowest BCUT2D eigenvalue weighted by molar-refractivity contribution is -0.131. The van der Waals surface area contributed by atoms with Crippen molar-refractivity contribution >= 4 is 11.6 Å². The van der Waals surface area contributed by atoms with Crippen molar-refractivity contribution in [3.05, 3.63) is 54.4 Å². The van der Waals surface area contributed by atoms with E-state index in [1.165, 1.54) is 5.69 Å². The number of carbonyl (C=O) groups excluding carboxylic acids is 1. The molecule has 0 atom stereocenters. The quantitative estimate of drug-likeness (QED) is 0.770. The van der Waals surface area contributed by atoms with E-state index in [9.17, 15) is 4.79 Å². The van der Waals surface area contributed by atoms with Crippen molar-refractivity contribution in [1.29, 1.82) is 0 Å². The number of amides is 1. The highest BCUT2D eigenvalue weighted by Gasteiger charge is 2.20. The summed E-state index contributed by atoms with van der Waals surface area (Å²) in [5.41, 5.74) is 2.31. The molecule has 6 nitrogen and oxygen atoms in total. The molecule has 0 bridgehead atoms. The number of anilines is 1. The third-order valence-electron chi connectivity index (χ3n) is 4.64. The summed E-state index contributed by atoms with van der Waals surface area (Å²) in [6.07, 6.45) is 4.13. The average Bonchev–Trinajstić information content (AvgIpc) is 2.72. The molecule has 1 aromatic carbocycles. The summed E-state index contributed by atoms with van der Waals surface area (Å²) in [4.78, 5) is 20.7. The Hall–Kier alpha value is -2.60. The number of ether oxygens (including phenoxy) is 1. The summed E-state index contributed by atoms with van der Waals surface area (Å²) >= 11 is 0. The van der Waals surface area contributed by atoms with Crippen LogP contribution in [0.4, 0.5) is 5.69 Å². The number of aromatic nitrogens is 1. The molecule has 1 aliphatic rings. The first-order valence-corrected chi connectivity index (χ1v) is 9.02. The van der Waals surface area contributed by atoms with Crippen molar-refractivity contribution in [3.63, 3.8) is 0 Å². The zero-order chi connectivity index (χ0) is 18.2. The van der Waals surface area contributed by atoms with Crippen LogP contribution < -0.4 is 15.0 Å². The van der Waals surface area contributed by atoms with Crippen molar-refractivity contribution in [3.8, 4) is 5.75 Å². The molecule has 0 saturated carbocycles. The standard InChI is InChI=1S/C20H26N4O2/c1-26-19-6-4-18(5-7-19)23-11-13-24(14-12-23)20(25)8-10-22-16-17-3-2-9-21-15-17/h2-7,9,15,22H,8,10-14,16H2,1H3. The van der Waals surface area contributed by atoms with Crippen LogP contribution >= 0.6 is 0 Å². The van der Waals surface area contributed by atoms with E-state index in [0.29, 0.717) is 13.0 Å². The SMILES string of the molecule is COc1ccc(N2CCN(C(=O)CCNCc3cccnc3)CC2)cc1. The smallest absolute Gasteiger partial charge is 0.223 e. The lowest BCUT2D eigenvalue weighted by Crippen LogP contribution is -2.49. The van der Waals surface area contributed by atoms with Crippen molar-refractivity contribution in [2.75, 3.05) is 44.7 Å². The number of methoxy groups -OCH3 is 1. The number of rotatable bonds is 7. The van der Waals surface area contributed by atoms with Crippen LogP contribution in [-0.2, 0) is 11.3 Å². The van der Waals surface area contributed by atoms with Crippen LogP contribution in [0.2, 0.25) is 0 Å². The molecule has 1 aromatic heterocycles. The molecule has 26 heavy (non-hydrogen) atoms. The Bertz CT molecular complexity index is 683. The molecule has 1 aliphatic heterocycles. The fourth-order valence-electron chi connectivity index (χ4n) is 3.10. The zero-order valence-corrected chi connectivity index (χ0v) is 15.2. The molecule has 1 fully saturated rings. The topological polar surface area (TPSA) is 57.7 Å². The maximum absolute atomic E-state index is 12.4. The number of pyridine rings is 1. The second-order valence-corrected chi connectivity index (χ2v) is 6.35. The maximum Gasteiger partial charge on any atom is 0.223 e. The van der Waals surface area contributed by atoms with Crippen LogP contribution in [0.25, 0.3) is 0 Å². The maximum atomic E-state index is 12.4. The zero-order valence-electron chi connectivity index (χ0n) is 15.2. The van der Waals surface area contributed by atoms with Crippen molar-refractivity contribution in [2.24, 2.45) is 0 Å². The second kappa shape index (κ2) is 9.20. The van der Waals surface area contributed by atoms with Crippen LogP contribution in [0, 0.1) is 0 Å². The molecule has 2 aromatic rings. The summed E-state index contributed by atoms with van der Waals surface area (Å²) in [6, 6.07) is 12.0. The molecule has 0 aliphatic carbocycles. The van der Waals surface area contributed by atoms with Gasteiger partial charge in [-0.05, 0) is 35.9 Å². The summed E-state index contributed by atoms with van der Waals surface area (Å²) in [5.74, 6) is 1.08. The van der Waals surface area contributed by atoms with E-state index in [1.807, 2.05) is 35.4 Å². The molecule has 6 heteroatoms. The Morgan fingerprint density at radius 3 is 2.58 bits per heavy atom. The van der Waals surface area contributed by atoms with Gasteiger partial charge in [0.25, 0.3) is 0 Å². The highest BCUT2D eigenvalue weighted by atomic mass is 16.5. The minimum absolute atomic E-state index is 0.220. The highest BCUT2D eigenvalue weighted by molar-refractivity contribution is 5.76. The Labute approximate surface area is 154 Å². The van der Waals surface area contributed by atoms with Gasteiger partial charge in [-0.15, -0.1) is 0 Å². The fourth-order valence-corrected chi connectivity index (χ4v) is 3.10. The average molecular weight is 354 g/mol. The molecule has 1 saturated heterocycles. The monoisotopic (exact) mass is 354 g/mol. The Kier molecular flexibility index (Phi) is 6.44. The first kappa shape index (κ1) is 18.2. The number of carbonyl (C=O) groups is 1. The van der Waals surface area contributed by atoms with E-state index in [2.05, 4.69) is 27.3 Å². The van der Waals surface area contributed by atoms with Crippen molar-refractivity contribution < 1.29 is 9.53 Å². The third-order valence-corrected chi connectivity index (χ3v) is 4.64. The van der Waals surface area contributed by atoms with Crippen LogP contribution in [0.15, 0.2) is 48.8 Å². The van der Waals surface area contributed by atoms with Gasteiger partial charge in [0.1, 0.15) is 5.75 Å². The van der Waals surface area contributed by atoms with Gasteiger partial charge in [-0.3, -0.25) is 9.78 Å². The Balaban J connectivity index is 1.37. The first-order valence-electron chi connectivity index (χ1n) is 9.02. The minimum atomic E-state index is 0.220. The fraction of sp³-hybridized carbons (Fsp3) is 0.400. The molecular formula is C20H26N4O2. The van der Waals surface area contributed by atoms with Gasteiger partial charge in [-0.2, -0.15) is 0 Å². The first-order chi connectivity index (χ1) is 12.8. The van der Waals surface area contributed by atoms with Gasteiger partial charge in [0.05, 0.1) is 7.11 Å². The van der Waals surface area contributed by atoms with E-state index in [-0.39, 0.29) is 5.91 Å². The summed E-state index contributed by atoms with van der Waals surface area (Å²) < 4.78 is 5.20. The predicted molar refractivity (Wildman–Crippen MR) is 102 cm³/mol. The number of nitrogens with zero attached hydrogens (tertiary/aromatic N) is 3. The summed E-state index contributed by atoms with van der Waals surface area (Å²) in [5, 5.41) is 3.31. The van der Waals surface area contributed by atoms with Crippen LogP contribution in [-0.4, -0.2) is 55.6 Å². The Morgan fingerprint density at radius 1 is 1.15 bits per heavy atom. The van der Waals surface area contributed by atoms with Crippen LogP contribution in [0.1, 0.15) is 12.0 Å². The van der Waals surface area contributed by atoms with E-state index < -0.39 is 0 Å². The molecule has 0 radical (unpaired) electrons. The number of nitrogens with one attached hydrogen (secondary N) is 1. The molecule has 138 valence electrons. The number of hydrogen-bond donors (Lipinski definition) is 1. The van der Waals surface area contributed by atoms with Crippen molar-refractivity contribution in [1.82, 2.24) is 15.2 Å². The lowest BCUT2D eigenvalue weighted by atomic mass is 10.2. The number of piperazine rings is 1. The molecule has 0 unspecified atom stereocenters. The number of benzene rings is 1. The van der Waals surface area contributed by atoms with E-state index in [4.69, 9.17) is 4.74 Å². The summed E-state index contributed by atoms with van der Waals surface area (Å²) in [7, 11) is 1.67. The van der Waals surface area contributed by atoms with Crippen molar-refractivity contribution in [2.45, 2.75) is 13.0 Å². The second-order valence-electron chi connectivity index (χ2n) is 6.35. The van der Waals surface area contributed by atoms with E-state index in [0.717, 1.165) is 44.0 Å². The van der Waals surface area contributed by atoms with Gasteiger partial charge >= 0.3 is 0 Å². The molecule has 1 N–H and O–H groups in total. The lowest BCUT2D eigenvalue weighted by Gasteiger charge is -2.36. The van der Waals surface area contributed by atoms with E-state index in [1.54, 1.807) is 13.3 Å². The largest absolute Gasteiger partial charge is 0.497 e. The minimum Gasteiger partial charge on any atom is -0.497 e. The third kappa shape index (κ3) is 4.95. The molecule has 3 rings (SSSR count).